The third kappa shape index (κ3) is 5.32. The molecule has 6 rings (SSSR count). The second-order valence-electron chi connectivity index (χ2n) is 10.3. The number of hydrogen-bond donors (Lipinski definition) is 2. The van der Waals surface area contributed by atoms with Gasteiger partial charge in [0, 0.05) is 48.5 Å². The quantitative estimate of drug-likeness (QED) is 0.251. The average molecular weight is 589 g/mol. The van der Waals surface area contributed by atoms with Crippen LogP contribution in [0.2, 0.25) is 0 Å². The summed E-state index contributed by atoms with van der Waals surface area (Å²) in [6, 6.07) is 14.6. The van der Waals surface area contributed by atoms with E-state index in [-0.39, 0.29) is 13.0 Å². The number of pyridine rings is 1. The number of aryl methyl sites for hydroxylation is 1. The summed E-state index contributed by atoms with van der Waals surface area (Å²) in [5, 5.41) is 21.7. The summed E-state index contributed by atoms with van der Waals surface area (Å²) < 4.78 is 30.8. The van der Waals surface area contributed by atoms with Crippen LogP contribution in [0.25, 0.3) is 17.0 Å². The molecule has 5 heterocycles. The van der Waals surface area contributed by atoms with Gasteiger partial charge in [0.2, 0.25) is 0 Å². The van der Waals surface area contributed by atoms with Crippen molar-refractivity contribution >= 4 is 27.3 Å². The first kappa shape index (κ1) is 27.8. The predicted octanol–water partition coefficient (Wildman–Crippen LogP) is 2.57. The molecular formula is C29H34N9O3S+. The molecule has 0 radical (unpaired) electrons. The lowest BCUT2D eigenvalue weighted by Crippen LogP contribution is -2.53. The first-order valence-corrected chi connectivity index (χ1v) is 15.7. The Balaban J connectivity index is 1.36. The normalized spacial score (nSPS) is 17.5. The van der Waals surface area contributed by atoms with E-state index in [1.807, 2.05) is 72.0 Å². The maximum atomic E-state index is 14.0. The summed E-state index contributed by atoms with van der Waals surface area (Å²) in [7, 11) is -3.94. The molecule has 13 heteroatoms. The van der Waals surface area contributed by atoms with Crippen LogP contribution in [0.15, 0.2) is 73.4 Å². The zero-order chi connectivity index (χ0) is 29.1. The third-order valence-electron chi connectivity index (χ3n) is 7.74. The van der Waals surface area contributed by atoms with E-state index in [9.17, 15) is 13.5 Å². The summed E-state index contributed by atoms with van der Waals surface area (Å²) in [6.45, 7) is 3.06. The molecule has 2 atom stereocenters. The van der Waals surface area contributed by atoms with Crippen LogP contribution in [0, 0.1) is 0 Å². The molecule has 0 bridgehead atoms. The Hall–Kier alpha value is -4.36. The summed E-state index contributed by atoms with van der Waals surface area (Å²) >= 11 is 0. The highest BCUT2D eigenvalue weighted by Crippen LogP contribution is 2.33. The zero-order valence-corrected chi connectivity index (χ0v) is 24.2. The van der Waals surface area contributed by atoms with Crippen LogP contribution in [0.1, 0.15) is 37.3 Å². The Bertz CT molecular complexity index is 1760. The molecule has 1 aliphatic rings. The van der Waals surface area contributed by atoms with E-state index in [0.717, 1.165) is 33.0 Å². The molecule has 1 aromatic carbocycles. The maximum Gasteiger partial charge on any atom is 0.260 e. The van der Waals surface area contributed by atoms with E-state index < -0.39 is 21.3 Å². The van der Waals surface area contributed by atoms with Gasteiger partial charge in [0.1, 0.15) is 23.2 Å². The summed E-state index contributed by atoms with van der Waals surface area (Å²) in [4.78, 5) is 14.4. The molecule has 4 aromatic heterocycles. The molecule has 3 N–H and O–H groups in total. The van der Waals surface area contributed by atoms with Crippen molar-refractivity contribution in [3.8, 4) is 11.4 Å². The number of anilines is 2. The molecule has 1 fully saturated rings. The van der Waals surface area contributed by atoms with Gasteiger partial charge in [-0.05, 0) is 31.7 Å². The summed E-state index contributed by atoms with van der Waals surface area (Å²) in [5.41, 5.74) is 3.51. The van der Waals surface area contributed by atoms with Gasteiger partial charge in [0.15, 0.2) is 23.9 Å². The Morgan fingerprint density at radius 3 is 2.79 bits per heavy atom. The Morgan fingerprint density at radius 1 is 1.17 bits per heavy atom. The van der Waals surface area contributed by atoms with E-state index in [4.69, 9.17) is 4.98 Å². The Kier molecular flexibility index (Phi) is 7.85. The number of hydrogen-bond acceptors (Lipinski definition) is 9. The van der Waals surface area contributed by atoms with Crippen LogP contribution in [0.5, 0.6) is 0 Å². The molecule has 1 saturated heterocycles. The van der Waals surface area contributed by atoms with Crippen molar-refractivity contribution in [1.82, 2.24) is 28.8 Å². The van der Waals surface area contributed by atoms with Crippen LogP contribution < -0.4 is 15.2 Å². The van der Waals surface area contributed by atoms with E-state index in [1.54, 1.807) is 4.52 Å². The van der Waals surface area contributed by atoms with Crippen molar-refractivity contribution in [3.63, 3.8) is 0 Å². The summed E-state index contributed by atoms with van der Waals surface area (Å²) in [6.07, 6.45) is 8.96. The molecule has 2 unspecified atom stereocenters. The molecule has 218 valence electrons. The second kappa shape index (κ2) is 11.9. The van der Waals surface area contributed by atoms with Crippen LogP contribution in [-0.4, -0.2) is 66.7 Å². The highest BCUT2D eigenvalue weighted by Gasteiger charge is 2.42. The van der Waals surface area contributed by atoms with E-state index in [2.05, 4.69) is 32.4 Å². The number of aromatic amines is 1. The monoisotopic (exact) mass is 588 g/mol. The number of H-pyrrole nitrogens is 1. The van der Waals surface area contributed by atoms with Crippen molar-refractivity contribution in [2.24, 2.45) is 0 Å². The van der Waals surface area contributed by atoms with Crippen molar-refractivity contribution < 1.29 is 18.5 Å². The molecule has 1 aliphatic heterocycles. The van der Waals surface area contributed by atoms with Gasteiger partial charge in [0.05, 0.1) is 12.2 Å². The van der Waals surface area contributed by atoms with Crippen LogP contribution in [0.3, 0.4) is 0 Å². The SMILES string of the molecule is CCc1cnn2c(NCc3ccc[nH+]c3)cc(N3CCCC(S(=O)(=O)n4cnc(-c5ccccc5)n4)C3CCO)nc12. The van der Waals surface area contributed by atoms with Gasteiger partial charge in [-0.2, -0.15) is 9.61 Å². The lowest BCUT2D eigenvalue weighted by atomic mass is 9.99. The Morgan fingerprint density at radius 2 is 2.02 bits per heavy atom. The van der Waals surface area contributed by atoms with Gasteiger partial charge in [-0.3, -0.25) is 0 Å². The lowest BCUT2D eigenvalue weighted by Gasteiger charge is -2.41. The van der Waals surface area contributed by atoms with E-state index in [0.29, 0.717) is 43.2 Å². The highest BCUT2D eigenvalue weighted by molar-refractivity contribution is 7.90. The van der Waals surface area contributed by atoms with Gasteiger partial charge in [0.25, 0.3) is 10.0 Å². The number of rotatable bonds is 10. The molecule has 12 nitrogen and oxygen atoms in total. The predicted molar refractivity (Wildman–Crippen MR) is 158 cm³/mol. The van der Waals surface area contributed by atoms with Crippen molar-refractivity contribution in [2.75, 3.05) is 23.4 Å². The number of nitrogens with one attached hydrogen (secondary N) is 2. The number of aliphatic hydroxyl groups is 1. The fraction of sp³-hybridized carbons (Fsp3) is 0.345. The molecule has 0 saturated carbocycles. The molecule has 0 amide bonds. The topological polar surface area (TPSA) is 145 Å². The maximum absolute atomic E-state index is 14.0. The molecule has 0 spiro atoms. The van der Waals surface area contributed by atoms with Crippen molar-refractivity contribution in [2.45, 2.75) is 50.4 Å². The van der Waals surface area contributed by atoms with E-state index >= 15 is 0 Å². The largest absolute Gasteiger partial charge is 0.396 e. The number of nitrogens with zero attached hydrogens (tertiary/aromatic N) is 7. The van der Waals surface area contributed by atoms with Crippen molar-refractivity contribution in [3.05, 3.63) is 84.6 Å². The van der Waals surface area contributed by atoms with Gasteiger partial charge in [-0.1, -0.05) is 37.3 Å². The standard InChI is InChI=1S/C29H33N9O3S/c1-2-22-19-33-38-26(31-18-21-8-6-13-30-17-21)16-27(34-29(22)38)36-14-7-11-25(24(36)12-15-39)42(40,41)37-20-32-28(35-37)23-9-4-3-5-10-23/h3-6,8-10,13,16-17,19-20,24-25,31,39H,2,7,11-12,14-15,18H2,1H3/p+1. The number of aromatic nitrogens is 7. The van der Waals surface area contributed by atoms with Gasteiger partial charge < -0.3 is 15.3 Å². The van der Waals surface area contributed by atoms with Crippen LogP contribution >= 0.6 is 0 Å². The number of aliphatic hydroxyl groups excluding tert-OH is 1. The highest BCUT2D eigenvalue weighted by atomic mass is 32.2. The zero-order valence-electron chi connectivity index (χ0n) is 23.3. The first-order valence-electron chi connectivity index (χ1n) is 14.1. The summed E-state index contributed by atoms with van der Waals surface area (Å²) in [5.74, 6) is 1.73. The van der Waals surface area contributed by atoms with Crippen LogP contribution in [-0.2, 0) is 23.0 Å². The minimum absolute atomic E-state index is 0.162. The average Bonchev–Trinajstić information content (AvgIpc) is 3.69. The lowest BCUT2D eigenvalue weighted by molar-refractivity contribution is -0.378. The van der Waals surface area contributed by atoms with E-state index in [1.165, 1.54) is 6.33 Å². The smallest absolute Gasteiger partial charge is 0.260 e. The molecule has 5 aromatic rings. The third-order valence-corrected chi connectivity index (χ3v) is 9.75. The minimum Gasteiger partial charge on any atom is -0.396 e. The fourth-order valence-electron chi connectivity index (χ4n) is 5.61. The van der Waals surface area contributed by atoms with Gasteiger partial charge in [-0.25, -0.2) is 23.4 Å². The van der Waals surface area contributed by atoms with Crippen LogP contribution in [0.4, 0.5) is 11.6 Å². The molecule has 42 heavy (non-hydrogen) atoms. The fourth-order valence-corrected chi connectivity index (χ4v) is 7.40. The number of fused-ring (bicyclic) bond motifs is 1. The minimum atomic E-state index is -3.94. The molecular weight excluding hydrogens is 554 g/mol. The Labute approximate surface area is 244 Å². The molecule has 0 aliphatic carbocycles. The second-order valence-corrected chi connectivity index (χ2v) is 12.3. The van der Waals surface area contributed by atoms with Gasteiger partial charge in [-0.15, -0.1) is 9.19 Å². The van der Waals surface area contributed by atoms with Gasteiger partial charge >= 0.3 is 0 Å². The van der Waals surface area contributed by atoms with Crippen molar-refractivity contribution in [1.29, 1.82) is 0 Å². The number of benzene rings is 1. The first-order chi connectivity index (χ1) is 20.5. The number of piperidine rings is 1.